The van der Waals surface area contributed by atoms with Gasteiger partial charge in [-0.05, 0) is 42.8 Å². The molecule has 0 radical (unpaired) electrons. The number of carbonyl (C=O) groups excluding carboxylic acids is 2. The standard InChI is InChI=1S/C19H18ClNO7S/c1-11(18(22)21-9-12-3-6-16-17(7-12)27-10-26-16)28-19(23)14-8-13(29(2,24)25)4-5-15(14)20/h3-8,11H,9-10H2,1-2H3,(H,21,22). The fourth-order valence-electron chi connectivity index (χ4n) is 2.55. The van der Waals surface area contributed by atoms with Gasteiger partial charge in [-0.2, -0.15) is 0 Å². The average molecular weight is 440 g/mol. The molecule has 0 spiro atoms. The van der Waals surface area contributed by atoms with Gasteiger partial charge in [0.2, 0.25) is 6.79 Å². The third-order valence-corrected chi connectivity index (χ3v) is 5.58. The van der Waals surface area contributed by atoms with Gasteiger partial charge in [-0.25, -0.2) is 13.2 Å². The van der Waals surface area contributed by atoms with Crippen molar-refractivity contribution in [2.75, 3.05) is 13.0 Å². The molecule has 0 aromatic heterocycles. The van der Waals surface area contributed by atoms with Crippen LogP contribution in [0.3, 0.4) is 0 Å². The van der Waals surface area contributed by atoms with Gasteiger partial charge in [0.1, 0.15) is 0 Å². The third-order valence-electron chi connectivity index (χ3n) is 4.14. The van der Waals surface area contributed by atoms with Crippen molar-refractivity contribution in [1.29, 1.82) is 0 Å². The van der Waals surface area contributed by atoms with Crippen LogP contribution >= 0.6 is 11.6 Å². The summed E-state index contributed by atoms with van der Waals surface area (Å²) in [5, 5.41) is 2.68. The van der Waals surface area contributed by atoms with Gasteiger partial charge in [-0.1, -0.05) is 17.7 Å². The van der Waals surface area contributed by atoms with Crippen LogP contribution in [0.1, 0.15) is 22.8 Å². The van der Waals surface area contributed by atoms with E-state index in [4.69, 9.17) is 25.8 Å². The van der Waals surface area contributed by atoms with E-state index in [0.29, 0.717) is 11.5 Å². The summed E-state index contributed by atoms with van der Waals surface area (Å²) in [6, 6.07) is 8.97. The SMILES string of the molecule is CC(OC(=O)c1cc(S(C)(=O)=O)ccc1Cl)C(=O)NCc1ccc2c(c1)OCO2. The van der Waals surface area contributed by atoms with Crippen LogP contribution in [0.2, 0.25) is 5.02 Å². The van der Waals surface area contributed by atoms with Gasteiger partial charge >= 0.3 is 5.97 Å². The maximum Gasteiger partial charge on any atom is 0.340 e. The van der Waals surface area contributed by atoms with Crippen molar-refractivity contribution in [1.82, 2.24) is 5.32 Å². The average Bonchev–Trinajstić information content (AvgIpc) is 3.13. The molecule has 3 rings (SSSR count). The first kappa shape index (κ1) is 20.9. The molecule has 2 aromatic rings. The molecule has 1 amide bonds. The number of fused-ring (bicyclic) bond motifs is 1. The normalized spacial score (nSPS) is 13.6. The molecule has 0 saturated carbocycles. The molecule has 1 unspecified atom stereocenters. The molecule has 0 saturated heterocycles. The Hall–Kier alpha value is -2.78. The highest BCUT2D eigenvalue weighted by Crippen LogP contribution is 2.32. The molecule has 29 heavy (non-hydrogen) atoms. The van der Waals surface area contributed by atoms with Gasteiger partial charge in [0.25, 0.3) is 5.91 Å². The molecule has 0 bridgehead atoms. The Balaban J connectivity index is 1.61. The highest BCUT2D eigenvalue weighted by atomic mass is 35.5. The van der Waals surface area contributed by atoms with E-state index in [-0.39, 0.29) is 28.8 Å². The van der Waals surface area contributed by atoms with Crippen LogP contribution in [-0.2, 0) is 25.9 Å². The molecule has 0 fully saturated rings. The monoisotopic (exact) mass is 439 g/mol. The van der Waals surface area contributed by atoms with Crippen molar-refractivity contribution >= 4 is 33.3 Å². The summed E-state index contributed by atoms with van der Waals surface area (Å²) in [6.07, 6.45) is -0.105. The Morgan fingerprint density at radius 1 is 1.17 bits per heavy atom. The number of amides is 1. The first-order valence-corrected chi connectivity index (χ1v) is 10.8. The zero-order valence-corrected chi connectivity index (χ0v) is 17.2. The second-order valence-corrected chi connectivity index (χ2v) is 8.79. The molecule has 1 atom stereocenters. The zero-order chi connectivity index (χ0) is 21.2. The lowest BCUT2D eigenvalue weighted by Gasteiger charge is -2.14. The molecule has 10 heteroatoms. The van der Waals surface area contributed by atoms with Crippen LogP contribution in [0.4, 0.5) is 0 Å². The molecule has 1 aliphatic rings. The maximum absolute atomic E-state index is 12.3. The molecular formula is C19H18ClNO7S. The minimum atomic E-state index is -3.53. The smallest absolute Gasteiger partial charge is 0.340 e. The Labute approximate surface area is 172 Å². The predicted octanol–water partition coefficient (Wildman–Crippen LogP) is 2.33. The van der Waals surface area contributed by atoms with Gasteiger partial charge in [0.05, 0.1) is 15.5 Å². The van der Waals surface area contributed by atoms with Crippen molar-refractivity contribution in [2.24, 2.45) is 0 Å². The van der Waals surface area contributed by atoms with Crippen LogP contribution in [0.25, 0.3) is 0 Å². The van der Waals surface area contributed by atoms with Gasteiger partial charge < -0.3 is 19.5 Å². The number of rotatable bonds is 6. The zero-order valence-electron chi connectivity index (χ0n) is 15.6. The van der Waals surface area contributed by atoms with Gasteiger partial charge in [0.15, 0.2) is 27.4 Å². The van der Waals surface area contributed by atoms with E-state index in [0.717, 1.165) is 17.9 Å². The number of carbonyl (C=O) groups is 2. The Morgan fingerprint density at radius 2 is 1.90 bits per heavy atom. The van der Waals surface area contributed by atoms with Gasteiger partial charge in [0, 0.05) is 12.8 Å². The lowest BCUT2D eigenvalue weighted by atomic mass is 10.2. The summed E-state index contributed by atoms with van der Waals surface area (Å²) in [7, 11) is -3.53. The molecule has 8 nitrogen and oxygen atoms in total. The molecule has 2 aromatic carbocycles. The molecule has 154 valence electrons. The van der Waals surface area contributed by atoms with E-state index in [9.17, 15) is 18.0 Å². The summed E-state index contributed by atoms with van der Waals surface area (Å²) in [6.45, 7) is 1.75. The van der Waals surface area contributed by atoms with E-state index in [1.165, 1.54) is 19.1 Å². The summed E-state index contributed by atoms with van der Waals surface area (Å²) >= 11 is 5.97. The molecule has 1 heterocycles. The van der Waals surface area contributed by atoms with Crippen molar-refractivity contribution in [2.45, 2.75) is 24.5 Å². The third kappa shape index (κ3) is 4.99. The number of esters is 1. The largest absolute Gasteiger partial charge is 0.454 e. The van der Waals surface area contributed by atoms with Crippen molar-refractivity contribution in [3.63, 3.8) is 0 Å². The second-order valence-electron chi connectivity index (χ2n) is 6.37. The second kappa shape index (κ2) is 8.30. The van der Waals surface area contributed by atoms with E-state index >= 15 is 0 Å². The van der Waals surface area contributed by atoms with Crippen molar-refractivity contribution < 1.29 is 32.2 Å². The predicted molar refractivity (Wildman–Crippen MR) is 104 cm³/mol. The first-order valence-electron chi connectivity index (χ1n) is 8.52. The van der Waals surface area contributed by atoms with E-state index in [1.807, 2.05) is 0 Å². The molecule has 1 N–H and O–H groups in total. The van der Waals surface area contributed by atoms with Crippen LogP contribution in [0, 0.1) is 0 Å². The molecular weight excluding hydrogens is 422 g/mol. The van der Waals surface area contributed by atoms with Gasteiger partial charge in [-0.15, -0.1) is 0 Å². The number of nitrogens with one attached hydrogen (secondary N) is 1. The van der Waals surface area contributed by atoms with Crippen LogP contribution < -0.4 is 14.8 Å². The Bertz CT molecular complexity index is 1070. The van der Waals surface area contributed by atoms with Crippen LogP contribution in [-0.4, -0.2) is 39.4 Å². The van der Waals surface area contributed by atoms with Gasteiger partial charge in [-0.3, -0.25) is 4.79 Å². The highest BCUT2D eigenvalue weighted by molar-refractivity contribution is 7.90. The molecule has 0 aliphatic carbocycles. The lowest BCUT2D eigenvalue weighted by molar-refractivity contribution is -0.129. The minimum absolute atomic E-state index is 0.0235. The minimum Gasteiger partial charge on any atom is -0.454 e. The number of sulfone groups is 1. The summed E-state index contributed by atoms with van der Waals surface area (Å²) in [5.74, 6) is -0.190. The number of halogens is 1. The number of ether oxygens (including phenoxy) is 3. The first-order chi connectivity index (χ1) is 13.6. The van der Waals surface area contributed by atoms with Crippen molar-refractivity contribution in [3.05, 3.63) is 52.5 Å². The van der Waals surface area contributed by atoms with Crippen molar-refractivity contribution in [3.8, 4) is 11.5 Å². The lowest BCUT2D eigenvalue weighted by Crippen LogP contribution is -2.35. The van der Waals surface area contributed by atoms with Crippen LogP contribution in [0.5, 0.6) is 11.5 Å². The Morgan fingerprint density at radius 3 is 2.62 bits per heavy atom. The fraction of sp³-hybridized carbons (Fsp3) is 0.263. The fourth-order valence-corrected chi connectivity index (χ4v) is 3.39. The summed E-state index contributed by atoms with van der Waals surface area (Å²) < 4.78 is 39.0. The number of hydrogen-bond acceptors (Lipinski definition) is 7. The summed E-state index contributed by atoms with van der Waals surface area (Å²) in [4.78, 5) is 24.5. The maximum atomic E-state index is 12.3. The van der Waals surface area contributed by atoms with Crippen LogP contribution in [0.15, 0.2) is 41.3 Å². The summed E-state index contributed by atoms with van der Waals surface area (Å²) in [5.41, 5.74) is 0.648. The number of hydrogen-bond donors (Lipinski definition) is 1. The van der Waals surface area contributed by atoms with E-state index < -0.39 is 27.8 Å². The Kier molecular flexibility index (Phi) is 5.99. The van der Waals surface area contributed by atoms with E-state index in [1.54, 1.807) is 18.2 Å². The highest BCUT2D eigenvalue weighted by Gasteiger charge is 2.22. The molecule has 1 aliphatic heterocycles. The number of benzene rings is 2. The topological polar surface area (TPSA) is 108 Å². The quantitative estimate of drug-likeness (QED) is 0.688. The van der Waals surface area contributed by atoms with E-state index in [2.05, 4.69) is 5.32 Å².